The van der Waals surface area contributed by atoms with Gasteiger partial charge in [-0.1, -0.05) is 24.3 Å². The fourth-order valence-corrected chi connectivity index (χ4v) is 1.76. The van der Waals surface area contributed by atoms with Gasteiger partial charge in [0.05, 0.1) is 5.57 Å². The van der Waals surface area contributed by atoms with Crippen LogP contribution in [0.25, 0.3) is 5.57 Å². The van der Waals surface area contributed by atoms with Crippen molar-refractivity contribution in [2.45, 2.75) is 20.8 Å². The molecule has 0 amide bonds. The standard InChI is InChI=1S/C12H14O2/c1-7-5-8(2)11(9(3)6-7)10(4)12(13)14/h5-6H,4H2,1-3H3,(H,13,14). The minimum absolute atomic E-state index is 0.167. The average Bonchev–Trinajstić information content (AvgIpc) is 2.01. The predicted molar refractivity (Wildman–Crippen MR) is 57.3 cm³/mol. The van der Waals surface area contributed by atoms with Crippen LogP contribution in [0.1, 0.15) is 22.3 Å². The molecular formula is C12H14O2. The summed E-state index contributed by atoms with van der Waals surface area (Å²) in [5.41, 5.74) is 4.00. The van der Waals surface area contributed by atoms with Crippen molar-refractivity contribution in [3.63, 3.8) is 0 Å². The summed E-state index contributed by atoms with van der Waals surface area (Å²) in [4.78, 5) is 10.8. The van der Waals surface area contributed by atoms with Crippen LogP contribution in [0.5, 0.6) is 0 Å². The van der Waals surface area contributed by atoms with Crippen LogP contribution >= 0.6 is 0 Å². The first-order valence-electron chi connectivity index (χ1n) is 4.44. The van der Waals surface area contributed by atoms with Gasteiger partial charge in [0.25, 0.3) is 0 Å². The molecule has 0 atom stereocenters. The molecule has 0 bridgehead atoms. The van der Waals surface area contributed by atoms with Crippen molar-refractivity contribution >= 4 is 11.5 Å². The number of hydrogen-bond donors (Lipinski definition) is 1. The van der Waals surface area contributed by atoms with Gasteiger partial charge in [-0.05, 0) is 37.5 Å². The highest BCUT2D eigenvalue weighted by Crippen LogP contribution is 2.23. The Morgan fingerprint density at radius 3 is 2.00 bits per heavy atom. The second kappa shape index (κ2) is 3.66. The molecular weight excluding hydrogens is 176 g/mol. The molecule has 2 nitrogen and oxygen atoms in total. The van der Waals surface area contributed by atoms with E-state index in [1.807, 2.05) is 32.9 Å². The molecule has 14 heavy (non-hydrogen) atoms. The Bertz CT molecular complexity index is 380. The minimum atomic E-state index is -0.958. The highest BCUT2D eigenvalue weighted by Gasteiger charge is 2.12. The van der Waals surface area contributed by atoms with Gasteiger partial charge in [0.15, 0.2) is 0 Å². The van der Waals surface area contributed by atoms with E-state index in [0.717, 1.165) is 22.3 Å². The van der Waals surface area contributed by atoms with Crippen molar-refractivity contribution in [1.82, 2.24) is 0 Å². The van der Waals surface area contributed by atoms with E-state index >= 15 is 0 Å². The van der Waals surface area contributed by atoms with Crippen molar-refractivity contribution in [3.05, 3.63) is 41.0 Å². The van der Waals surface area contributed by atoms with Gasteiger partial charge in [0.1, 0.15) is 0 Å². The highest BCUT2D eigenvalue weighted by atomic mass is 16.4. The summed E-state index contributed by atoms with van der Waals surface area (Å²) in [5.74, 6) is -0.958. The van der Waals surface area contributed by atoms with Crippen molar-refractivity contribution in [3.8, 4) is 0 Å². The maximum Gasteiger partial charge on any atom is 0.335 e. The van der Waals surface area contributed by atoms with Gasteiger partial charge in [-0.25, -0.2) is 4.79 Å². The summed E-state index contributed by atoms with van der Waals surface area (Å²) < 4.78 is 0. The van der Waals surface area contributed by atoms with E-state index in [0.29, 0.717) is 0 Å². The summed E-state index contributed by atoms with van der Waals surface area (Å²) in [6.45, 7) is 9.38. The maximum absolute atomic E-state index is 10.8. The van der Waals surface area contributed by atoms with Gasteiger partial charge in [0.2, 0.25) is 0 Å². The van der Waals surface area contributed by atoms with Crippen LogP contribution in [0.2, 0.25) is 0 Å². The molecule has 1 aromatic rings. The number of hydrogen-bond acceptors (Lipinski definition) is 1. The van der Waals surface area contributed by atoms with Gasteiger partial charge in [-0.2, -0.15) is 0 Å². The highest BCUT2D eigenvalue weighted by molar-refractivity contribution is 6.15. The first kappa shape index (κ1) is 10.5. The number of benzene rings is 1. The van der Waals surface area contributed by atoms with Crippen LogP contribution in [-0.4, -0.2) is 11.1 Å². The van der Waals surface area contributed by atoms with Crippen molar-refractivity contribution in [2.24, 2.45) is 0 Å². The molecule has 0 unspecified atom stereocenters. The maximum atomic E-state index is 10.8. The van der Waals surface area contributed by atoms with Gasteiger partial charge in [-0.15, -0.1) is 0 Å². The van der Waals surface area contributed by atoms with Crippen LogP contribution in [0.15, 0.2) is 18.7 Å². The molecule has 0 heterocycles. The lowest BCUT2D eigenvalue weighted by molar-refractivity contribution is -0.130. The Morgan fingerprint density at radius 1 is 1.21 bits per heavy atom. The van der Waals surface area contributed by atoms with E-state index in [1.54, 1.807) is 0 Å². The van der Waals surface area contributed by atoms with Crippen LogP contribution < -0.4 is 0 Å². The third kappa shape index (κ3) is 1.84. The Labute approximate surface area is 83.9 Å². The molecule has 0 aliphatic heterocycles. The lowest BCUT2D eigenvalue weighted by Crippen LogP contribution is -2.02. The van der Waals surface area contributed by atoms with Crippen molar-refractivity contribution in [1.29, 1.82) is 0 Å². The largest absolute Gasteiger partial charge is 0.478 e. The number of aryl methyl sites for hydroxylation is 3. The number of carbonyl (C=O) groups is 1. The molecule has 2 heteroatoms. The van der Waals surface area contributed by atoms with E-state index < -0.39 is 5.97 Å². The quantitative estimate of drug-likeness (QED) is 0.728. The molecule has 0 spiro atoms. The topological polar surface area (TPSA) is 37.3 Å². The van der Waals surface area contributed by atoms with E-state index in [-0.39, 0.29) is 5.57 Å². The van der Waals surface area contributed by atoms with Gasteiger partial charge in [0, 0.05) is 0 Å². The fourth-order valence-electron chi connectivity index (χ4n) is 1.76. The lowest BCUT2D eigenvalue weighted by Gasteiger charge is -2.10. The number of carboxylic acids is 1. The second-order valence-electron chi connectivity index (χ2n) is 3.56. The number of rotatable bonds is 2. The molecule has 0 radical (unpaired) electrons. The smallest absolute Gasteiger partial charge is 0.335 e. The van der Waals surface area contributed by atoms with E-state index in [9.17, 15) is 4.79 Å². The molecule has 0 fully saturated rings. The summed E-state index contributed by atoms with van der Waals surface area (Å²) in [6, 6.07) is 3.94. The van der Waals surface area contributed by atoms with Gasteiger partial charge in [-0.3, -0.25) is 0 Å². The van der Waals surface area contributed by atoms with Crippen LogP contribution in [0, 0.1) is 20.8 Å². The normalized spacial score (nSPS) is 9.93. The summed E-state index contributed by atoms with van der Waals surface area (Å²) in [5, 5.41) is 8.85. The first-order chi connectivity index (χ1) is 6.43. The zero-order chi connectivity index (χ0) is 10.9. The summed E-state index contributed by atoms with van der Waals surface area (Å²) in [7, 11) is 0. The SMILES string of the molecule is C=C(C(=O)O)c1c(C)cc(C)cc1C. The lowest BCUT2D eigenvalue weighted by atomic mass is 9.95. The third-order valence-electron chi connectivity index (χ3n) is 2.24. The average molecular weight is 190 g/mol. The monoisotopic (exact) mass is 190 g/mol. The van der Waals surface area contributed by atoms with E-state index in [4.69, 9.17) is 5.11 Å². The number of carboxylic acid groups (broad SMARTS) is 1. The van der Waals surface area contributed by atoms with E-state index in [2.05, 4.69) is 6.58 Å². The molecule has 1 rings (SSSR count). The molecule has 0 aliphatic rings. The zero-order valence-corrected chi connectivity index (χ0v) is 8.72. The third-order valence-corrected chi connectivity index (χ3v) is 2.24. The first-order valence-corrected chi connectivity index (χ1v) is 4.44. The molecule has 1 aromatic carbocycles. The predicted octanol–water partition coefficient (Wildman–Crippen LogP) is 2.71. The van der Waals surface area contributed by atoms with E-state index in [1.165, 1.54) is 0 Å². The molecule has 0 saturated heterocycles. The van der Waals surface area contributed by atoms with Crippen LogP contribution in [-0.2, 0) is 4.79 Å². The minimum Gasteiger partial charge on any atom is -0.478 e. The molecule has 1 N–H and O–H groups in total. The van der Waals surface area contributed by atoms with Crippen molar-refractivity contribution in [2.75, 3.05) is 0 Å². The molecule has 0 aliphatic carbocycles. The zero-order valence-electron chi connectivity index (χ0n) is 8.72. The van der Waals surface area contributed by atoms with Gasteiger partial charge >= 0.3 is 5.97 Å². The molecule has 0 aromatic heterocycles. The molecule has 74 valence electrons. The van der Waals surface area contributed by atoms with Gasteiger partial charge < -0.3 is 5.11 Å². The Balaban J connectivity index is 3.35. The van der Waals surface area contributed by atoms with Crippen LogP contribution in [0.3, 0.4) is 0 Å². The van der Waals surface area contributed by atoms with Crippen LogP contribution in [0.4, 0.5) is 0 Å². The molecule has 0 saturated carbocycles. The Morgan fingerprint density at radius 2 is 1.64 bits per heavy atom. The summed E-state index contributed by atoms with van der Waals surface area (Å²) in [6.07, 6.45) is 0. The Hall–Kier alpha value is -1.57. The summed E-state index contributed by atoms with van der Waals surface area (Å²) >= 11 is 0. The number of aliphatic carboxylic acids is 1. The van der Waals surface area contributed by atoms with Crippen molar-refractivity contribution < 1.29 is 9.90 Å². The Kier molecular flexibility index (Phi) is 2.75. The second-order valence-corrected chi connectivity index (χ2v) is 3.56. The fraction of sp³-hybridized carbons (Fsp3) is 0.250.